The molecular formula is C17H19N3O. The second kappa shape index (κ2) is 7.85. The van der Waals surface area contributed by atoms with E-state index in [1.54, 1.807) is 18.3 Å². The Morgan fingerprint density at radius 3 is 2.67 bits per heavy atom. The van der Waals surface area contributed by atoms with Crippen LogP contribution in [0.25, 0.3) is 6.08 Å². The van der Waals surface area contributed by atoms with Crippen molar-refractivity contribution in [3.05, 3.63) is 65.9 Å². The molecule has 0 aliphatic rings. The molecule has 108 valence electrons. The summed E-state index contributed by atoms with van der Waals surface area (Å²) in [6.45, 7) is 3.19. The number of nitrogens with one attached hydrogen (secondary N) is 2. The monoisotopic (exact) mass is 281 g/mol. The fourth-order valence-electron chi connectivity index (χ4n) is 1.82. The highest BCUT2D eigenvalue weighted by Crippen LogP contribution is 2.05. The van der Waals surface area contributed by atoms with Crippen molar-refractivity contribution in [2.45, 2.75) is 6.92 Å². The van der Waals surface area contributed by atoms with Crippen LogP contribution in [-0.4, -0.2) is 24.0 Å². The molecule has 4 heteroatoms. The Kier molecular flexibility index (Phi) is 5.52. The van der Waals surface area contributed by atoms with Crippen LogP contribution in [0.4, 0.5) is 5.82 Å². The fourth-order valence-corrected chi connectivity index (χ4v) is 1.82. The molecule has 1 heterocycles. The van der Waals surface area contributed by atoms with Gasteiger partial charge in [0.25, 0.3) is 5.91 Å². The van der Waals surface area contributed by atoms with Crippen LogP contribution in [0.1, 0.15) is 22.8 Å². The highest BCUT2D eigenvalue weighted by Gasteiger charge is 2.03. The molecule has 0 saturated carbocycles. The Balaban J connectivity index is 1.84. The summed E-state index contributed by atoms with van der Waals surface area (Å²) in [5, 5.41) is 5.92. The third-order valence-corrected chi connectivity index (χ3v) is 2.87. The summed E-state index contributed by atoms with van der Waals surface area (Å²) in [6.07, 6.45) is 5.67. The predicted molar refractivity (Wildman–Crippen MR) is 86.2 cm³/mol. The van der Waals surface area contributed by atoms with E-state index in [1.807, 2.05) is 31.2 Å². The minimum atomic E-state index is -0.0967. The molecule has 0 atom stereocenters. The third kappa shape index (κ3) is 4.76. The van der Waals surface area contributed by atoms with Gasteiger partial charge in [0.15, 0.2) is 0 Å². The highest BCUT2D eigenvalue weighted by atomic mass is 16.1. The van der Waals surface area contributed by atoms with E-state index in [0.29, 0.717) is 18.7 Å². The predicted octanol–water partition coefficient (Wildman–Crippen LogP) is 2.96. The number of nitrogens with zero attached hydrogens (tertiary/aromatic N) is 1. The zero-order valence-corrected chi connectivity index (χ0v) is 12.0. The van der Waals surface area contributed by atoms with Crippen LogP contribution < -0.4 is 10.6 Å². The van der Waals surface area contributed by atoms with Crippen LogP contribution in [0.15, 0.2) is 54.7 Å². The zero-order chi connectivity index (χ0) is 14.9. The number of rotatable bonds is 6. The van der Waals surface area contributed by atoms with Crippen molar-refractivity contribution in [3.63, 3.8) is 0 Å². The molecule has 2 rings (SSSR count). The quantitative estimate of drug-likeness (QED) is 0.856. The summed E-state index contributed by atoms with van der Waals surface area (Å²) in [6, 6.07) is 13.7. The first-order chi connectivity index (χ1) is 10.3. The van der Waals surface area contributed by atoms with E-state index in [2.05, 4.69) is 33.8 Å². The lowest BCUT2D eigenvalue weighted by Crippen LogP contribution is -2.22. The summed E-state index contributed by atoms with van der Waals surface area (Å²) in [5.41, 5.74) is 1.74. The SMILES string of the molecule is CCNC(=O)c1ccc(NC/C=C/c2ccccc2)nc1. The molecule has 4 nitrogen and oxygen atoms in total. The maximum absolute atomic E-state index is 11.6. The lowest BCUT2D eigenvalue weighted by molar-refractivity contribution is 0.0955. The Hall–Kier alpha value is -2.62. The van der Waals surface area contributed by atoms with Gasteiger partial charge in [0.05, 0.1) is 5.56 Å². The van der Waals surface area contributed by atoms with Gasteiger partial charge in [-0.1, -0.05) is 42.5 Å². The molecule has 1 amide bonds. The molecule has 0 radical (unpaired) electrons. The summed E-state index contributed by atoms with van der Waals surface area (Å²) in [4.78, 5) is 15.8. The maximum Gasteiger partial charge on any atom is 0.252 e. The smallest absolute Gasteiger partial charge is 0.252 e. The zero-order valence-electron chi connectivity index (χ0n) is 12.0. The Bertz CT molecular complexity index is 591. The lowest BCUT2D eigenvalue weighted by atomic mass is 10.2. The summed E-state index contributed by atoms with van der Waals surface area (Å²) in [5.74, 6) is 0.654. The lowest BCUT2D eigenvalue weighted by Gasteiger charge is -2.04. The van der Waals surface area contributed by atoms with Crippen molar-refractivity contribution >= 4 is 17.8 Å². The third-order valence-electron chi connectivity index (χ3n) is 2.87. The first-order valence-electron chi connectivity index (χ1n) is 6.99. The van der Waals surface area contributed by atoms with Gasteiger partial charge in [0.1, 0.15) is 5.82 Å². The Labute approximate surface area is 124 Å². The van der Waals surface area contributed by atoms with Crippen LogP contribution in [0, 0.1) is 0 Å². The van der Waals surface area contributed by atoms with Gasteiger partial charge < -0.3 is 10.6 Å². The number of benzene rings is 1. The number of hydrogen-bond acceptors (Lipinski definition) is 3. The fraction of sp³-hybridized carbons (Fsp3) is 0.176. The first-order valence-corrected chi connectivity index (χ1v) is 6.99. The van der Waals surface area contributed by atoms with Crippen LogP contribution in [-0.2, 0) is 0 Å². The molecule has 0 aliphatic heterocycles. The highest BCUT2D eigenvalue weighted by molar-refractivity contribution is 5.93. The summed E-state index contributed by atoms with van der Waals surface area (Å²) >= 11 is 0. The topological polar surface area (TPSA) is 54.0 Å². The molecule has 0 spiro atoms. The van der Waals surface area contributed by atoms with E-state index < -0.39 is 0 Å². The van der Waals surface area contributed by atoms with E-state index in [1.165, 1.54) is 5.56 Å². The summed E-state index contributed by atoms with van der Waals surface area (Å²) in [7, 11) is 0. The molecule has 0 fully saturated rings. The number of amides is 1. The van der Waals surface area contributed by atoms with Crippen LogP contribution in [0.3, 0.4) is 0 Å². The van der Waals surface area contributed by atoms with Crippen molar-refractivity contribution in [3.8, 4) is 0 Å². The van der Waals surface area contributed by atoms with Crippen LogP contribution in [0.2, 0.25) is 0 Å². The molecule has 0 unspecified atom stereocenters. The number of pyridine rings is 1. The number of carbonyl (C=O) groups excluding carboxylic acids is 1. The number of anilines is 1. The van der Waals surface area contributed by atoms with Gasteiger partial charge in [0, 0.05) is 19.3 Å². The van der Waals surface area contributed by atoms with E-state index in [4.69, 9.17) is 0 Å². The number of carbonyl (C=O) groups is 1. The maximum atomic E-state index is 11.6. The van der Waals surface area contributed by atoms with Gasteiger partial charge in [-0.05, 0) is 24.6 Å². The van der Waals surface area contributed by atoms with Gasteiger partial charge in [-0.3, -0.25) is 4.79 Å². The number of aromatic nitrogens is 1. The molecule has 1 aromatic carbocycles. The molecule has 0 aliphatic carbocycles. The van der Waals surface area contributed by atoms with E-state index in [-0.39, 0.29) is 5.91 Å². The minimum absolute atomic E-state index is 0.0967. The van der Waals surface area contributed by atoms with Crippen molar-refractivity contribution in [1.82, 2.24) is 10.3 Å². The average molecular weight is 281 g/mol. The van der Waals surface area contributed by atoms with Gasteiger partial charge in [-0.2, -0.15) is 0 Å². The average Bonchev–Trinajstić information content (AvgIpc) is 2.53. The van der Waals surface area contributed by atoms with Crippen molar-refractivity contribution < 1.29 is 4.79 Å². The largest absolute Gasteiger partial charge is 0.367 e. The Morgan fingerprint density at radius 2 is 2.00 bits per heavy atom. The molecular weight excluding hydrogens is 262 g/mol. The van der Waals surface area contributed by atoms with Gasteiger partial charge in [0.2, 0.25) is 0 Å². The molecule has 2 N–H and O–H groups in total. The second-order valence-corrected chi connectivity index (χ2v) is 4.49. The standard InChI is InChI=1S/C17H19N3O/c1-2-18-17(21)15-10-11-16(20-13-15)19-12-6-9-14-7-4-3-5-8-14/h3-11,13H,2,12H2,1H3,(H,18,21)(H,19,20)/b9-6+. The summed E-state index contributed by atoms with van der Waals surface area (Å²) < 4.78 is 0. The molecule has 0 saturated heterocycles. The van der Waals surface area contributed by atoms with Crippen molar-refractivity contribution in [2.75, 3.05) is 18.4 Å². The van der Waals surface area contributed by atoms with E-state index in [9.17, 15) is 4.79 Å². The minimum Gasteiger partial charge on any atom is -0.367 e. The van der Waals surface area contributed by atoms with E-state index in [0.717, 1.165) is 5.82 Å². The molecule has 1 aromatic heterocycles. The normalized spacial score (nSPS) is 10.5. The molecule has 2 aromatic rings. The van der Waals surface area contributed by atoms with Crippen molar-refractivity contribution in [2.24, 2.45) is 0 Å². The molecule has 21 heavy (non-hydrogen) atoms. The van der Waals surface area contributed by atoms with Gasteiger partial charge in [-0.15, -0.1) is 0 Å². The van der Waals surface area contributed by atoms with Crippen LogP contribution >= 0.6 is 0 Å². The van der Waals surface area contributed by atoms with E-state index >= 15 is 0 Å². The Morgan fingerprint density at radius 1 is 1.19 bits per heavy atom. The molecule has 0 bridgehead atoms. The number of hydrogen-bond donors (Lipinski definition) is 2. The van der Waals surface area contributed by atoms with Crippen LogP contribution in [0.5, 0.6) is 0 Å². The second-order valence-electron chi connectivity index (χ2n) is 4.49. The first kappa shape index (κ1) is 14.8. The van der Waals surface area contributed by atoms with Gasteiger partial charge in [-0.25, -0.2) is 4.98 Å². The van der Waals surface area contributed by atoms with Gasteiger partial charge >= 0.3 is 0 Å². The van der Waals surface area contributed by atoms with Crippen molar-refractivity contribution in [1.29, 1.82) is 0 Å².